The number of hydrogen-bond donors (Lipinski definition) is 0. The quantitative estimate of drug-likeness (QED) is 0.422. The van der Waals surface area contributed by atoms with Gasteiger partial charge in [0.2, 0.25) is 5.91 Å². The average Bonchev–Trinajstić information content (AvgIpc) is 1.95. The zero-order chi connectivity index (χ0) is 7.56. The molecule has 1 atom stereocenters. The molecular weight excluding hydrogens is 130 g/mol. The first-order valence-corrected chi connectivity index (χ1v) is 3.05. The van der Waals surface area contributed by atoms with Gasteiger partial charge in [-0.25, -0.2) is 0 Å². The number of terminal acetylenes is 1. The molecule has 1 fully saturated rings. The second-order valence-electron chi connectivity index (χ2n) is 2.24. The Bertz CT molecular complexity index is 183. The number of carbonyl (C=O) groups is 1. The van der Waals surface area contributed by atoms with E-state index in [-0.39, 0.29) is 18.6 Å². The molecule has 1 rings (SSSR count). The minimum Gasteiger partial charge on any atom is -0.354 e. The molecule has 10 heavy (non-hydrogen) atoms. The summed E-state index contributed by atoms with van der Waals surface area (Å²) in [5.41, 5.74) is 0. The number of morpholine rings is 1. The topological polar surface area (TPSA) is 29.5 Å². The maximum atomic E-state index is 10.8. The second-order valence-corrected chi connectivity index (χ2v) is 2.24. The van der Waals surface area contributed by atoms with Crippen LogP contribution in [0.5, 0.6) is 0 Å². The highest BCUT2D eigenvalue weighted by Crippen LogP contribution is 2.01. The van der Waals surface area contributed by atoms with E-state index in [2.05, 4.69) is 5.92 Å². The maximum Gasteiger partial charge on any atom is 0.248 e. The third-order valence-corrected chi connectivity index (χ3v) is 1.46. The molecule has 1 saturated heterocycles. The molecule has 0 bridgehead atoms. The summed E-state index contributed by atoms with van der Waals surface area (Å²) < 4.78 is 4.98. The molecule has 0 saturated carbocycles. The van der Waals surface area contributed by atoms with Gasteiger partial charge in [0, 0.05) is 7.05 Å². The lowest BCUT2D eigenvalue weighted by Crippen LogP contribution is -2.43. The van der Waals surface area contributed by atoms with Crippen LogP contribution in [0.15, 0.2) is 0 Å². The van der Waals surface area contributed by atoms with Gasteiger partial charge in [0.05, 0.1) is 6.54 Å². The summed E-state index contributed by atoms with van der Waals surface area (Å²) in [6.07, 6.45) is 4.88. The van der Waals surface area contributed by atoms with Gasteiger partial charge in [-0.2, -0.15) is 0 Å². The van der Waals surface area contributed by atoms with Gasteiger partial charge in [-0.1, -0.05) is 5.92 Å². The molecule has 0 spiro atoms. The standard InChI is InChI=1S/C7H9NO2/c1-3-6-4-8(2)7(9)5-10-6/h1,6H,4-5H2,2H3/t6-/m0/s1. The van der Waals surface area contributed by atoms with Gasteiger partial charge in [0.15, 0.2) is 0 Å². The highest BCUT2D eigenvalue weighted by Gasteiger charge is 2.20. The number of hydrogen-bond acceptors (Lipinski definition) is 2. The van der Waals surface area contributed by atoms with E-state index in [0.717, 1.165) is 0 Å². The second kappa shape index (κ2) is 2.72. The Kier molecular flexibility index (Phi) is 1.93. The van der Waals surface area contributed by atoms with Crippen LogP contribution in [-0.2, 0) is 9.53 Å². The van der Waals surface area contributed by atoms with Crippen molar-refractivity contribution in [3.63, 3.8) is 0 Å². The summed E-state index contributed by atoms with van der Waals surface area (Å²) in [6.45, 7) is 0.626. The van der Waals surface area contributed by atoms with Gasteiger partial charge < -0.3 is 9.64 Å². The van der Waals surface area contributed by atoms with Gasteiger partial charge >= 0.3 is 0 Å². The van der Waals surface area contributed by atoms with Crippen LogP contribution in [0.25, 0.3) is 0 Å². The SMILES string of the molecule is C#C[C@H]1CN(C)C(=O)CO1. The predicted octanol–water partition coefficient (Wildman–Crippen LogP) is -0.523. The fourth-order valence-corrected chi connectivity index (χ4v) is 0.786. The van der Waals surface area contributed by atoms with Crippen molar-refractivity contribution in [1.29, 1.82) is 0 Å². The van der Waals surface area contributed by atoms with Crippen LogP contribution >= 0.6 is 0 Å². The van der Waals surface area contributed by atoms with Gasteiger partial charge in [0.25, 0.3) is 0 Å². The van der Waals surface area contributed by atoms with Crippen molar-refractivity contribution in [1.82, 2.24) is 4.90 Å². The van der Waals surface area contributed by atoms with Crippen LogP contribution in [0, 0.1) is 12.3 Å². The van der Waals surface area contributed by atoms with Gasteiger partial charge in [0.1, 0.15) is 12.7 Å². The Balaban J connectivity index is 2.50. The molecule has 0 aromatic rings. The van der Waals surface area contributed by atoms with Crippen molar-refractivity contribution < 1.29 is 9.53 Å². The smallest absolute Gasteiger partial charge is 0.248 e. The molecule has 0 N–H and O–H groups in total. The van der Waals surface area contributed by atoms with E-state index >= 15 is 0 Å². The number of amides is 1. The summed E-state index contributed by atoms with van der Waals surface area (Å²) in [5, 5.41) is 0. The minimum atomic E-state index is -0.220. The molecule has 0 aromatic carbocycles. The van der Waals surface area contributed by atoms with Crippen molar-refractivity contribution in [2.45, 2.75) is 6.10 Å². The molecular formula is C7H9NO2. The van der Waals surface area contributed by atoms with E-state index in [1.165, 1.54) is 0 Å². The first-order chi connectivity index (χ1) is 4.74. The number of nitrogens with zero attached hydrogens (tertiary/aromatic N) is 1. The molecule has 0 aliphatic carbocycles. The van der Waals surface area contributed by atoms with Crippen LogP contribution in [0.3, 0.4) is 0 Å². The average molecular weight is 139 g/mol. The molecule has 1 aliphatic heterocycles. The lowest BCUT2D eigenvalue weighted by Gasteiger charge is -2.26. The highest BCUT2D eigenvalue weighted by molar-refractivity contribution is 5.77. The van der Waals surface area contributed by atoms with E-state index in [0.29, 0.717) is 6.54 Å². The van der Waals surface area contributed by atoms with Crippen molar-refractivity contribution in [3.8, 4) is 12.3 Å². The molecule has 54 valence electrons. The highest BCUT2D eigenvalue weighted by atomic mass is 16.5. The normalized spacial score (nSPS) is 26.2. The zero-order valence-electron chi connectivity index (χ0n) is 5.83. The molecule has 0 radical (unpaired) electrons. The molecule has 1 heterocycles. The van der Waals surface area contributed by atoms with E-state index in [9.17, 15) is 4.79 Å². The largest absolute Gasteiger partial charge is 0.354 e. The van der Waals surface area contributed by atoms with Crippen molar-refractivity contribution in [2.24, 2.45) is 0 Å². The Morgan fingerprint density at radius 2 is 2.60 bits per heavy atom. The van der Waals surface area contributed by atoms with Gasteiger partial charge in [-0.05, 0) is 0 Å². The fraction of sp³-hybridized carbons (Fsp3) is 0.571. The third-order valence-electron chi connectivity index (χ3n) is 1.46. The Morgan fingerprint density at radius 1 is 1.90 bits per heavy atom. The fourth-order valence-electron chi connectivity index (χ4n) is 0.786. The van der Waals surface area contributed by atoms with Crippen LogP contribution in [0.4, 0.5) is 0 Å². The molecule has 1 aliphatic rings. The van der Waals surface area contributed by atoms with Crippen LogP contribution < -0.4 is 0 Å². The van der Waals surface area contributed by atoms with Crippen LogP contribution in [0.1, 0.15) is 0 Å². The lowest BCUT2D eigenvalue weighted by atomic mass is 10.3. The minimum absolute atomic E-state index is 0.00787. The first-order valence-electron chi connectivity index (χ1n) is 3.05. The Morgan fingerprint density at radius 3 is 3.10 bits per heavy atom. The van der Waals surface area contributed by atoms with Crippen molar-refractivity contribution in [2.75, 3.05) is 20.2 Å². The van der Waals surface area contributed by atoms with E-state index < -0.39 is 0 Å². The Labute approximate surface area is 60.0 Å². The van der Waals surface area contributed by atoms with Crippen LogP contribution in [0.2, 0.25) is 0 Å². The van der Waals surface area contributed by atoms with Gasteiger partial charge in [-0.3, -0.25) is 4.79 Å². The maximum absolute atomic E-state index is 10.8. The molecule has 0 unspecified atom stereocenters. The van der Waals surface area contributed by atoms with E-state index in [1.54, 1.807) is 11.9 Å². The number of ether oxygens (including phenoxy) is 1. The summed E-state index contributed by atoms with van der Waals surface area (Å²) in [7, 11) is 1.72. The summed E-state index contributed by atoms with van der Waals surface area (Å²) in [6, 6.07) is 0. The summed E-state index contributed by atoms with van der Waals surface area (Å²) in [5.74, 6) is 2.43. The van der Waals surface area contributed by atoms with Crippen LogP contribution in [-0.4, -0.2) is 37.1 Å². The summed E-state index contributed by atoms with van der Waals surface area (Å²) >= 11 is 0. The van der Waals surface area contributed by atoms with E-state index in [1.807, 2.05) is 0 Å². The monoisotopic (exact) mass is 139 g/mol. The Hall–Kier alpha value is -1.01. The third kappa shape index (κ3) is 1.28. The first kappa shape index (κ1) is 7.10. The van der Waals surface area contributed by atoms with Crippen molar-refractivity contribution >= 4 is 5.91 Å². The number of carbonyl (C=O) groups excluding carboxylic acids is 1. The molecule has 0 aromatic heterocycles. The van der Waals surface area contributed by atoms with Crippen molar-refractivity contribution in [3.05, 3.63) is 0 Å². The van der Waals surface area contributed by atoms with Gasteiger partial charge in [-0.15, -0.1) is 6.42 Å². The lowest BCUT2D eigenvalue weighted by molar-refractivity contribution is -0.143. The number of rotatable bonds is 0. The number of likely N-dealkylation sites (N-methyl/N-ethyl adjacent to an activating group) is 1. The molecule has 3 nitrogen and oxygen atoms in total. The molecule has 3 heteroatoms. The summed E-state index contributed by atoms with van der Waals surface area (Å²) in [4.78, 5) is 12.4. The van der Waals surface area contributed by atoms with E-state index in [4.69, 9.17) is 11.2 Å². The zero-order valence-corrected chi connectivity index (χ0v) is 5.83. The molecule has 1 amide bonds. The predicted molar refractivity (Wildman–Crippen MR) is 36.2 cm³/mol.